The molecule has 1 unspecified atom stereocenters. The van der Waals surface area contributed by atoms with E-state index in [1.165, 1.54) is 0 Å². The third-order valence-electron chi connectivity index (χ3n) is 7.71. The maximum atomic E-state index is 13.8. The fourth-order valence-corrected chi connectivity index (χ4v) is 5.42. The number of nitrogens with zero attached hydrogens (tertiary/aromatic N) is 1. The molecule has 3 rings (SSSR count). The maximum absolute atomic E-state index is 13.8. The van der Waals surface area contributed by atoms with Gasteiger partial charge in [0.2, 0.25) is 23.5 Å². The Morgan fingerprint density at radius 1 is 0.886 bits per heavy atom. The third-order valence-corrected chi connectivity index (χ3v) is 7.71. The van der Waals surface area contributed by atoms with E-state index in [9.17, 15) is 24.0 Å². The molecule has 0 aromatic carbocycles. The highest BCUT2D eigenvalue weighted by atomic mass is 16.2. The fraction of sp³-hybridized carbons (Fsp3) is 0.808. The Kier molecular flexibility index (Phi) is 8.59. The van der Waals surface area contributed by atoms with Gasteiger partial charge in [0, 0.05) is 12.5 Å². The summed E-state index contributed by atoms with van der Waals surface area (Å²) in [6.45, 7) is 10.0. The summed E-state index contributed by atoms with van der Waals surface area (Å²) in [7, 11) is 0. The molecule has 196 valence electrons. The average Bonchev–Trinajstić information content (AvgIpc) is 3.70. The first kappa shape index (κ1) is 27.1. The fourth-order valence-electron chi connectivity index (χ4n) is 5.42. The number of carbonyl (C=O) groups is 5. The highest BCUT2D eigenvalue weighted by Gasteiger charge is 2.49. The molecule has 0 aromatic heterocycles. The molecule has 3 fully saturated rings. The molecule has 5 atom stereocenters. The van der Waals surface area contributed by atoms with Crippen LogP contribution in [0.2, 0.25) is 0 Å². The number of likely N-dealkylation sites (tertiary alicyclic amines) is 1. The lowest BCUT2D eigenvalue weighted by atomic mass is 9.82. The van der Waals surface area contributed by atoms with Crippen LogP contribution in [0.25, 0.3) is 0 Å². The van der Waals surface area contributed by atoms with Gasteiger partial charge in [0.05, 0.1) is 6.04 Å². The average molecular weight is 491 g/mol. The second kappa shape index (κ2) is 11.1. The summed E-state index contributed by atoms with van der Waals surface area (Å²) in [6, 6.07) is -2.44. The van der Waals surface area contributed by atoms with Crippen LogP contribution in [0.4, 0.5) is 0 Å². The molecule has 1 aliphatic heterocycles. The molecule has 9 heteroatoms. The van der Waals surface area contributed by atoms with Gasteiger partial charge in [-0.25, -0.2) is 0 Å². The quantitative estimate of drug-likeness (QED) is 0.355. The van der Waals surface area contributed by atoms with Crippen molar-refractivity contribution in [2.75, 3.05) is 6.54 Å². The van der Waals surface area contributed by atoms with Gasteiger partial charge in [0.15, 0.2) is 0 Å². The number of ketones is 1. The van der Waals surface area contributed by atoms with E-state index in [4.69, 9.17) is 5.73 Å². The number of hydrogen-bond acceptors (Lipinski definition) is 5. The molecule has 1 saturated heterocycles. The van der Waals surface area contributed by atoms with Gasteiger partial charge in [-0.15, -0.1) is 0 Å². The molecule has 0 radical (unpaired) electrons. The van der Waals surface area contributed by atoms with Crippen LogP contribution < -0.4 is 16.4 Å². The monoisotopic (exact) mass is 490 g/mol. The Morgan fingerprint density at radius 2 is 1.43 bits per heavy atom. The highest BCUT2D eigenvalue weighted by molar-refractivity contribution is 6.37. The van der Waals surface area contributed by atoms with Gasteiger partial charge in [0.25, 0.3) is 5.91 Å². The van der Waals surface area contributed by atoms with Crippen molar-refractivity contribution >= 4 is 29.4 Å². The van der Waals surface area contributed by atoms with Crippen LogP contribution in [0.15, 0.2) is 0 Å². The summed E-state index contributed by atoms with van der Waals surface area (Å²) in [5.74, 6) is -2.24. The van der Waals surface area contributed by atoms with E-state index in [0.29, 0.717) is 31.2 Å². The van der Waals surface area contributed by atoms with Crippen molar-refractivity contribution < 1.29 is 24.0 Å². The molecule has 0 spiro atoms. The zero-order valence-corrected chi connectivity index (χ0v) is 21.7. The summed E-state index contributed by atoms with van der Waals surface area (Å²) >= 11 is 0. The van der Waals surface area contributed by atoms with E-state index in [1.807, 2.05) is 20.8 Å². The van der Waals surface area contributed by atoms with Crippen LogP contribution in [0, 0.1) is 35.5 Å². The Bertz CT molecular complexity index is 849. The largest absolute Gasteiger partial charge is 0.363 e. The molecular weight excluding hydrogens is 448 g/mol. The molecule has 3 aliphatic rings. The van der Waals surface area contributed by atoms with Crippen LogP contribution in [-0.4, -0.2) is 59.0 Å². The Morgan fingerprint density at radius 3 is 1.89 bits per heavy atom. The number of carbonyl (C=O) groups excluding carboxylic acids is 5. The van der Waals surface area contributed by atoms with Gasteiger partial charge < -0.3 is 21.3 Å². The van der Waals surface area contributed by atoms with Gasteiger partial charge in [-0.3, -0.25) is 24.0 Å². The van der Waals surface area contributed by atoms with E-state index in [2.05, 4.69) is 10.6 Å². The summed E-state index contributed by atoms with van der Waals surface area (Å²) in [5, 5.41) is 5.70. The molecule has 35 heavy (non-hydrogen) atoms. The van der Waals surface area contributed by atoms with Crippen LogP contribution in [0.1, 0.15) is 73.1 Å². The first-order valence-corrected chi connectivity index (χ1v) is 13.2. The van der Waals surface area contributed by atoms with Crippen LogP contribution >= 0.6 is 0 Å². The first-order chi connectivity index (χ1) is 16.4. The van der Waals surface area contributed by atoms with Crippen molar-refractivity contribution in [3.8, 4) is 0 Å². The number of primary amides is 1. The number of nitrogens with two attached hydrogens (primary N) is 1. The lowest BCUT2D eigenvalue weighted by Crippen LogP contribution is -2.58. The molecule has 2 aliphatic carbocycles. The molecule has 2 saturated carbocycles. The van der Waals surface area contributed by atoms with Gasteiger partial charge in [-0.1, -0.05) is 60.3 Å². The first-order valence-electron chi connectivity index (χ1n) is 13.2. The molecule has 4 N–H and O–H groups in total. The van der Waals surface area contributed by atoms with Gasteiger partial charge in [-0.05, 0) is 42.4 Å². The lowest BCUT2D eigenvalue weighted by molar-refractivity contribution is -0.144. The highest BCUT2D eigenvalue weighted by Crippen LogP contribution is 2.39. The minimum Gasteiger partial charge on any atom is -0.363 e. The molecule has 4 amide bonds. The zero-order valence-electron chi connectivity index (χ0n) is 21.7. The predicted molar refractivity (Wildman–Crippen MR) is 131 cm³/mol. The SMILES string of the molecule is CC(C)C(=O)N[C@@H](CC1CC1)C(=O)N1C[C@H](C)[C@H](C(C)C)[C@H]1C(=O)NC(CC1CC1)C(=O)C(N)=O. The lowest BCUT2D eigenvalue weighted by Gasteiger charge is -2.33. The van der Waals surface area contributed by atoms with Gasteiger partial charge in [0.1, 0.15) is 12.1 Å². The summed E-state index contributed by atoms with van der Waals surface area (Å²) in [5.41, 5.74) is 5.25. The van der Waals surface area contributed by atoms with Crippen LogP contribution in [-0.2, 0) is 24.0 Å². The zero-order chi connectivity index (χ0) is 26.0. The Hall–Kier alpha value is -2.45. The number of rotatable bonds is 12. The molecule has 1 heterocycles. The maximum Gasteiger partial charge on any atom is 0.287 e. The third kappa shape index (κ3) is 6.82. The second-order valence-electron chi connectivity index (χ2n) is 11.6. The molecule has 0 aromatic rings. The minimum atomic E-state index is -1.06. The molecule has 9 nitrogen and oxygen atoms in total. The Labute approximate surface area is 208 Å². The number of nitrogens with one attached hydrogen (secondary N) is 2. The van der Waals surface area contributed by atoms with Crippen LogP contribution in [0.3, 0.4) is 0 Å². The smallest absolute Gasteiger partial charge is 0.287 e. The van der Waals surface area contributed by atoms with E-state index in [1.54, 1.807) is 18.7 Å². The van der Waals surface area contributed by atoms with Crippen LogP contribution in [0.5, 0.6) is 0 Å². The summed E-state index contributed by atoms with van der Waals surface area (Å²) < 4.78 is 0. The van der Waals surface area contributed by atoms with Crippen molar-refractivity contribution in [1.82, 2.24) is 15.5 Å². The number of Topliss-reactive ketones (excluding diaryl/α,β-unsaturated/α-hetero) is 1. The van der Waals surface area contributed by atoms with Crippen molar-refractivity contribution in [3.05, 3.63) is 0 Å². The normalized spacial score (nSPS) is 25.9. The molecular formula is C26H42N4O5. The van der Waals surface area contributed by atoms with E-state index < -0.39 is 35.7 Å². The number of amides is 4. The predicted octanol–water partition coefficient (Wildman–Crippen LogP) is 1.39. The standard InChI is InChI=1S/C26H42N4O5/c1-13(2)20-15(5)12-30(26(35)19(11-17-8-9-17)29-24(33)14(3)4)21(20)25(34)28-18(10-16-6-7-16)22(31)23(27)32/h13-21H,6-12H2,1-5H3,(H2,27,32)(H,28,34)(H,29,33)/t15-,18?,19-,20-,21-/m0/s1. The van der Waals surface area contributed by atoms with Gasteiger partial charge in [-0.2, -0.15) is 0 Å². The van der Waals surface area contributed by atoms with Crippen molar-refractivity contribution in [2.24, 2.45) is 41.2 Å². The van der Waals surface area contributed by atoms with Crippen molar-refractivity contribution in [2.45, 2.75) is 91.3 Å². The Balaban J connectivity index is 1.84. The summed E-state index contributed by atoms with van der Waals surface area (Å²) in [6.07, 6.45) is 4.92. The second-order valence-corrected chi connectivity index (χ2v) is 11.6. The summed E-state index contributed by atoms with van der Waals surface area (Å²) in [4.78, 5) is 65.6. The van der Waals surface area contributed by atoms with E-state index in [-0.39, 0.29) is 35.5 Å². The van der Waals surface area contributed by atoms with Crippen molar-refractivity contribution in [1.29, 1.82) is 0 Å². The molecule has 0 bridgehead atoms. The van der Waals surface area contributed by atoms with E-state index >= 15 is 0 Å². The minimum absolute atomic E-state index is 0.0609. The van der Waals surface area contributed by atoms with E-state index in [0.717, 1.165) is 25.7 Å². The van der Waals surface area contributed by atoms with Gasteiger partial charge >= 0.3 is 0 Å². The van der Waals surface area contributed by atoms with Crippen molar-refractivity contribution in [3.63, 3.8) is 0 Å². The topological polar surface area (TPSA) is 139 Å². The number of hydrogen-bond donors (Lipinski definition) is 3.